The molecule has 4 heterocycles. The number of aromatic nitrogens is 8. The van der Waals surface area contributed by atoms with E-state index in [1.807, 2.05) is 6.07 Å². The molecule has 38 heteroatoms. The quantitative estimate of drug-likeness (QED) is 0.00542. The predicted octanol–water partition coefficient (Wildman–Crippen LogP) is 6.61. The molecule has 0 fully saturated rings. The first-order valence-electron chi connectivity index (χ1n) is 29.0. The van der Waals surface area contributed by atoms with Gasteiger partial charge in [-0.2, -0.15) is 24.9 Å². The third-order valence-corrected chi connectivity index (χ3v) is 13.1. The second-order valence-electron chi connectivity index (χ2n) is 20.2. The van der Waals surface area contributed by atoms with Crippen LogP contribution in [-0.4, -0.2) is 93.1 Å². The molecule has 0 spiro atoms. The van der Waals surface area contributed by atoms with Gasteiger partial charge in [-0.05, 0) is 146 Å². The van der Waals surface area contributed by atoms with E-state index in [-0.39, 0.29) is 172 Å². The number of benzene rings is 7. The molecule has 0 atom stereocenters. The Morgan fingerprint density at radius 3 is 1.45 bits per heavy atom. The molecule has 11 aromatic rings. The van der Waals surface area contributed by atoms with Crippen LogP contribution in [0.15, 0.2) is 183 Å². The maximum Gasteiger partial charge on any atom is 1.00 e. The fourth-order valence-electron chi connectivity index (χ4n) is 8.25. The van der Waals surface area contributed by atoms with Crippen molar-refractivity contribution < 1.29 is 182 Å². The summed E-state index contributed by atoms with van der Waals surface area (Å²) in [5.41, 5.74) is 12.2. The first-order chi connectivity index (χ1) is 49.7. The number of amides is 2. The van der Waals surface area contributed by atoms with E-state index in [0.29, 0.717) is 73.3 Å². The zero-order valence-electron chi connectivity index (χ0n) is 57.2. The number of imidazole rings is 1. The molecular formula is C68H60Cl3F4K2N15O13S. The van der Waals surface area contributed by atoms with E-state index >= 15 is 0 Å². The van der Waals surface area contributed by atoms with Crippen LogP contribution in [0.3, 0.4) is 0 Å². The smallest absolute Gasteiger partial charge is 1.00 e. The number of nitrogen functional groups attached to an aromatic ring is 1. The second kappa shape index (κ2) is 48.8. The number of aryl methyl sites for hydroxylation is 3. The number of hydrogen-bond acceptors (Lipinski definition) is 18. The molecule has 0 bridgehead atoms. The van der Waals surface area contributed by atoms with Gasteiger partial charge in [0, 0.05) is 47.1 Å². The van der Waals surface area contributed by atoms with Gasteiger partial charge in [0.15, 0.2) is 17.1 Å². The van der Waals surface area contributed by atoms with Crippen molar-refractivity contribution in [2.45, 2.75) is 46.5 Å². The number of halogens is 7. The van der Waals surface area contributed by atoms with Gasteiger partial charge in [-0.3, -0.25) is 24.5 Å². The van der Waals surface area contributed by atoms with E-state index in [1.165, 1.54) is 74.7 Å². The van der Waals surface area contributed by atoms with Crippen molar-refractivity contribution in [3.8, 4) is 23.1 Å². The number of nitrogens with two attached hydrogens (primary N) is 1. The minimum absolute atomic E-state index is 0. The van der Waals surface area contributed by atoms with Gasteiger partial charge in [-0.25, -0.2) is 50.9 Å². The Bertz CT molecular complexity index is 4740. The Hall–Kier alpha value is -9.22. The number of aromatic amines is 1. The maximum absolute atomic E-state index is 14.0. The topological polar surface area (TPSA) is 406 Å². The number of alkyl halides is 1. The molecule has 542 valence electrons. The summed E-state index contributed by atoms with van der Waals surface area (Å²) in [5.74, 6) is -4.39. The molecule has 28 nitrogen and oxygen atoms in total. The number of H-pyrrole nitrogens is 1. The number of aliphatic hydroxyl groups is 3. The van der Waals surface area contributed by atoms with E-state index in [0.717, 1.165) is 12.1 Å². The van der Waals surface area contributed by atoms with Crippen LogP contribution in [0.1, 0.15) is 79.2 Å². The number of carboxylic acid groups (broad SMARTS) is 1. The van der Waals surface area contributed by atoms with Crippen LogP contribution < -0.4 is 124 Å². The molecule has 106 heavy (non-hydrogen) atoms. The Labute approximate surface area is 706 Å². The number of carbonyl (C=O) groups is 4. The third kappa shape index (κ3) is 30.7. The van der Waals surface area contributed by atoms with E-state index in [4.69, 9.17) is 65.3 Å². The van der Waals surface area contributed by atoms with Crippen molar-refractivity contribution >= 4 is 101 Å². The van der Waals surface area contributed by atoms with E-state index in [9.17, 15) is 47.2 Å². The number of carbonyl (C=O) groups excluding carboxylic acids is 3. The van der Waals surface area contributed by atoms with Crippen molar-refractivity contribution in [3.63, 3.8) is 0 Å². The number of hydrogen-bond donors (Lipinski definition) is 8. The molecular weight excluding hydrogens is 1530 g/mol. The van der Waals surface area contributed by atoms with Crippen molar-refractivity contribution in [2.75, 3.05) is 16.4 Å². The van der Waals surface area contributed by atoms with Gasteiger partial charge in [-0.1, -0.05) is 54.6 Å². The number of rotatable bonds is 14. The molecule has 0 aliphatic rings. The summed E-state index contributed by atoms with van der Waals surface area (Å²) in [6, 6.07) is 42.5. The summed E-state index contributed by atoms with van der Waals surface area (Å²) < 4.78 is 66.3. The largest absolute Gasteiger partial charge is 1.00 e. The normalized spacial score (nSPS) is 9.62. The number of nitro benzene ring substituents is 1. The zero-order valence-corrected chi connectivity index (χ0v) is 65.6. The van der Waals surface area contributed by atoms with Crippen LogP contribution in [0.2, 0.25) is 0 Å². The minimum Gasteiger partial charge on any atom is -1.00 e. The van der Waals surface area contributed by atoms with E-state index in [2.05, 4.69) is 71.8 Å². The van der Waals surface area contributed by atoms with Crippen LogP contribution in [0.4, 0.5) is 51.7 Å². The first kappa shape index (κ1) is 92.9. The van der Waals surface area contributed by atoms with Crippen molar-refractivity contribution in [1.29, 1.82) is 5.26 Å². The Balaban J connectivity index is 0.00000130. The van der Waals surface area contributed by atoms with E-state index < -0.39 is 60.9 Å². The number of nitrogens with one attached hydrogen (secondary N) is 3. The van der Waals surface area contributed by atoms with Gasteiger partial charge in [-0.15, -0.1) is 11.6 Å². The van der Waals surface area contributed by atoms with Crippen molar-refractivity contribution in [3.05, 3.63) is 301 Å². The van der Waals surface area contributed by atoms with Gasteiger partial charge in [0.1, 0.15) is 28.8 Å². The summed E-state index contributed by atoms with van der Waals surface area (Å²) in [5, 5.41) is 80.6. The summed E-state index contributed by atoms with van der Waals surface area (Å²) in [4.78, 5) is 70.2. The molecule has 0 radical (unpaired) electrons. The molecule has 11 rings (SSSR count). The summed E-state index contributed by atoms with van der Waals surface area (Å²) in [6.45, 7) is 18.6. The molecule has 7 aromatic carbocycles. The number of nitrogens with zero attached hydrogens (tertiary/aromatic N) is 11. The number of aliphatic hydroxyl groups excluding tert-OH is 3. The first-order valence-corrected chi connectivity index (χ1v) is 32.4. The van der Waals surface area contributed by atoms with Crippen LogP contribution in [0, 0.1) is 78.6 Å². The Morgan fingerprint density at radius 2 is 1.08 bits per heavy atom. The number of carboxylic acids is 1. The fraction of sp³-hybridized carbons (Fsp3) is 0.103. The number of nitriles is 1. The van der Waals surface area contributed by atoms with Crippen LogP contribution in [0.25, 0.3) is 26.8 Å². The monoisotopic (exact) mass is 1590 g/mol. The number of nitro groups is 1. The van der Waals surface area contributed by atoms with Crippen molar-refractivity contribution in [1.82, 2.24) is 39.3 Å². The Kier molecular flexibility index (Phi) is 42.8. The molecule has 0 saturated carbocycles. The summed E-state index contributed by atoms with van der Waals surface area (Å²) >= 11 is 5.77. The van der Waals surface area contributed by atoms with Crippen LogP contribution in [0.5, 0.6) is 0 Å². The molecule has 0 saturated heterocycles. The molecule has 2 amide bonds. The second-order valence-corrected chi connectivity index (χ2v) is 23.0. The zero-order chi connectivity index (χ0) is 77.0. The van der Waals surface area contributed by atoms with Crippen LogP contribution >= 0.6 is 33.0 Å². The number of aromatic carboxylic acids is 1. The van der Waals surface area contributed by atoms with Crippen LogP contribution in [-0.2, 0) is 44.6 Å². The molecule has 9 N–H and O–H groups in total. The van der Waals surface area contributed by atoms with Gasteiger partial charge in [0.2, 0.25) is 15.0 Å². The van der Waals surface area contributed by atoms with Crippen molar-refractivity contribution in [2.24, 2.45) is 0 Å². The number of anilines is 3. The molecule has 0 aliphatic heterocycles. The van der Waals surface area contributed by atoms with E-state index in [1.54, 1.807) is 130 Å². The fourth-order valence-corrected chi connectivity index (χ4v) is 8.42. The third-order valence-electron chi connectivity index (χ3n) is 12.8. The maximum atomic E-state index is 14.0. The predicted molar refractivity (Wildman–Crippen MR) is 378 cm³/mol. The molecule has 4 aromatic heterocycles. The van der Waals surface area contributed by atoms with Gasteiger partial charge < -0.3 is 53.3 Å². The summed E-state index contributed by atoms with van der Waals surface area (Å²) in [7, 11) is 7.36. The molecule has 0 unspecified atom stereocenters. The SMILES string of the molecule is Cc1cc(C(=O)O)n(-c2cccc(C#N)c2)n1.Nc1cc(CO)ccc1F.O=CO[O-].O=S(Cl)Cl.O=[N+]([O-])c1cc(CO)ccc1F.[C-]#[N+]c1cccc(-n2nc(C)cc2C(=O)Nc2cc(CCl)ccc2F)c1.[C-]#[N+]c1cccc(-n2nc(C)cc2C(=O)Nc2cc(CO)ccc2F)c1.[H-].[HH].[K+].[K+].c1c[nH]cn1. The summed E-state index contributed by atoms with van der Waals surface area (Å²) in [6.07, 6.45) is 5.08. The van der Waals surface area contributed by atoms with Gasteiger partial charge in [0.25, 0.3) is 18.3 Å². The standard InChI is InChI=1S/C19H14ClFN4O.C19H15FN4O2.C12H9N3O2.C7H6FNO3.C7H8FNO.C3H4N2.CH2O3.Cl2OS.2K.H2.H/c1-12-8-18(25(24-12)15-5-3-4-14(10-15)22-2)19(26)23-17-9-13(11-20)6-7-16(17)21;1-12-8-18(24(23-12)15-5-3-4-14(10-15)21-2)19(26)22-17-9-13(11-25)6-7-16(17)20;1-8-5-11(12(16)17)15(14-8)10-4-2-3-9(6-10)7-13;8-6-2-1-5(4-10)3-7(6)9(11)12;8-6-2-1-5(4-10)3-7(6)9;1-2-5-3-4-1;2-1-4-3;1-4(2)3;;;;/h3-10H,11H2,1H3,(H,23,26);3-10,25H,11H2,1H3,(H,22,26);2-6H,1H3,(H,16,17);1-3,10H,4H2;1-3,10H,4,9H2;1-3H,(H,4,5);1,3H;;;;1H;/q;;;;;;;;2*+1;;-1/p-1. The molecule has 0 aliphatic carbocycles. The minimum atomic E-state index is -1.67. The Morgan fingerprint density at radius 1 is 0.679 bits per heavy atom. The van der Waals surface area contributed by atoms with Gasteiger partial charge >= 0.3 is 114 Å². The average molecular weight is 1590 g/mol. The van der Waals surface area contributed by atoms with Gasteiger partial charge in [0.05, 0.1) is 107 Å². The average Bonchev–Trinajstić information content (AvgIpc) is 1.65.